The molecule has 0 unspecified atom stereocenters. The highest BCUT2D eigenvalue weighted by molar-refractivity contribution is 5.71. The van der Waals surface area contributed by atoms with Gasteiger partial charge in [-0.15, -0.1) is 0 Å². The lowest BCUT2D eigenvalue weighted by atomic mass is 9.98. The van der Waals surface area contributed by atoms with Crippen LogP contribution in [0.5, 0.6) is 0 Å². The van der Waals surface area contributed by atoms with Gasteiger partial charge in [-0.3, -0.25) is 10.1 Å². The van der Waals surface area contributed by atoms with E-state index in [9.17, 15) is 14.5 Å². The first kappa shape index (κ1) is 17.0. The van der Waals surface area contributed by atoms with Gasteiger partial charge in [0.2, 0.25) is 0 Å². The van der Waals surface area contributed by atoms with Gasteiger partial charge in [-0.25, -0.2) is 4.39 Å². The molecule has 2 heterocycles. The summed E-state index contributed by atoms with van der Waals surface area (Å²) in [4.78, 5) is 15.1. The van der Waals surface area contributed by atoms with E-state index in [1.807, 2.05) is 4.90 Å². The van der Waals surface area contributed by atoms with Crippen LogP contribution in [0.15, 0.2) is 12.1 Å². The van der Waals surface area contributed by atoms with Crippen LogP contribution < -0.4 is 9.80 Å². The lowest BCUT2D eigenvalue weighted by Crippen LogP contribution is -2.34. The van der Waals surface area contributed by atoms with E-state index in [2.05, 4.69) is 11.8 Å². The molecule has 0 radical (unpaired) electrons. The van der Waals surface area contributed by atoms with Crippen molar-refractivity contribution < 1.29 is 9.31 Å². The molecule has 0 amide bonds. The standard InChI is InChI=1S/C18H26FN3O2/c1-14-6-10-21(11-7-14)16-13-17(18(22(23)24)12-15(16)19)20-8-4-2-3-5-9-20/h12-14H,2-11H2,1H3. The van der Waals surface area contributed by atoms with Gasteiger partial charge in [0, 0.05) is 26.2 Å². The van der Waals surface area contributed by atoms with Crippen LogP contribution in [0, 0.1) is 21.8 Å². The third-order valence-electron chi connectivity index (χ3n) is 5.31. The molecule has 0 spiro atoms. The quantitative estimate of drug-likeness (QED) is 0.609. The van der Waals surface area contributed by atoms with Gasteiger partial charge < -0.3 is 9.80 Å². The van der Waals surface area contributed by atoms with Gasteiger partial charge in [0.15, 0.2) is 5.82 Å². The summed E-state index contributed by atoms with van der Waals surface area (Å²) in [5.74, 6) is 0.183. The second-order valence-electron chi connectivity index (χ2n) is 7.12. The number of nitro groups is 1. The van der Waals surface area contributed by atoms with Crippen molar-refractivity contribution in [3.63, 3.8) is 0 Å². The maximum absolute atomic E-state index is 14.6. The predicted molar refractivity (Wildman–Crippen MR) is 94.3 cm³/mol. The Morgan fingerprint density at radius 3 is 2.17 bits per heavy atom. The lowest BCUT2D eigenvalue weighted by molar-refractivity contribution is -0.384. The molecule has 3 rings (SSSR count). The van der Waals surface area contributed by atoms with Crippen LogP contribution in [0.3, 0.4) is 0 Å². The van der Waals surface area contributed by atoms with E-state index in [-0.39, 0.29) is 5.69 Å². The summed E-state index contributed by atoms with van der Waals surface area (Å²) < 4.78 is 14.6. The van der Waals surface area contributed by atoms with Crippen molar-refractivity contribution >= 4 is 17.1 Å². The summed E-state index contributed by atoms with van der Waals surface area (Å²) in [6, 6.07) is 2.84. The van der Waals surface area contributed by atoms with Crippen LogP contribution in [0.4, 0.5) is 21.5 Å². The van der Waals surface area contributed by atoms with E-state index < -0.39 is 10.7 Å². The highest BCUT2D eigenvalue weighted by Crippen LogP contribution is 2.37. The van der Waals surface area contributed by atoms with Crippen molar-refractivity contribution in [1.29, 1.82) is 0 Å². The number of hydrogen-bond acceptors (Lipinski definition) is 4. The number of nitrogens with zero attached hydrogens (tertiary/aromatic N) is 3. The summed E-state index contributed by atoms with van der Waals surface area (Å²) in [5.41, 5.74) is 0.993. The van der Waals surface area contributed by atoms with E-state index >= 15 is 0 Å². The van der Waals surface area contributed by atoms with Gasteiger partial charge in [-0.1, -0.05) is 19.8 Å². The maximum Gasteiger partial charge on any atom is 0.295 e. The number of halogens is 1. The number of nitro benzene ring substituents is 1. The Morgan fingerprint density at radius 2 is 1.58 bits per heavy atom. The normalized spacial score (nSPS) is 20.1. The minimum Gasteiger partial charge on any atom is -0.369 e. The molecule has 0 saturated carbocycles. The molecule has 2 aliphatic rings. The average Bonchev–Trinajstić information content (AvgIpc) is 2.84. The average molecular weight is 335 g/mol. The topological polar surface area (TPSA) is 49.6 Å². The zero-order chi connectivity index (χ0) is 17.1. The fraction of sp³-hybridized carbons (Fsp3) is 0.667. The minimum absolute atomic E-state index is 0.108. The van der Waals surface area contributed by atoms with Gasteiger partial charge in [-0.05, 0) is 37.7 Å². The van der Waals surface area contributed by atoms with E-state index in [1.54, 1.807) is 6.07 Å². The third kappa shape index (κ3) is 3.62. The Labute approximate surface area is 142 Å². The first-order valence-electron chi connectivity index (χ1n) is 9.04. The molecule has 1 aromatic carbocycles. The van der Waals surface area contributed by atoms with E-state index in [4.69, 9.17) is 0 Å². The van der Waals surface area contributed by atoms with Crippen molar-refractivity contribution in [2.75, 3.05) is 36.0 Å². The summed E-state index contributed by atoms with van der Waals surface area (Å²) in [6.07, 6.45) is 6.45. The van der Waals surface area contributed by atoms with Crippen LogP contribution in [0.25, 0.3) is 0 Å². The molecule has 0 aliphatic carbocycles. The highest BCUT2D eigenvalue weighted by Gasteiger charge is 2.26. The number of piperidine rings is 1. The molecule has 1 aromatic rings. The third-order valence-corrected chi connectivity index (χ3v) is 5.31. The van der Waals surface area contributed by atoms with Crippen molar-refractivity contribution in [3.8, 4) is 0 Å². The lowest BCUT2D eigenvalue weighted by Gasteiger charge is -2.33. The SMILES string of the molecule is CC1CCN(c2cc(N3CCCCCC3)c([N+](=O)[O-])cc2F)CC1. The molecule has 5 nitrogen and oxygen atoms in total. The Kier molecular flexibility index (Phi) is 5.21. The fourth-order valence-electron chi connectivity index (χ4n) is 3.74. The van der Waals surface area contributed by atoms with Crippen molar-refractivity contribution in [2.45, 2.75) is 45.4 Å². The first-order chi connectivity index (χ1) is 11.6. The van der Waals surface area contributed by atoms with Crippen molar-refractivity contribution in [1.82, 2.24) is 0 Å². The highest BCUT2D eigenvalue weighted by atomic mass is 19.1. The van der Waals surface area contributed by atoms with E-state index in [0.717, 1.165) is 70.8 Å². The number of rotatable bonds is 3. The number of benzene rings is 1. The Bertz CT molecular complexity index is 592. The number of hydrogen-bond donors (Lipinski definition) is 0. The molecule has 132 valence electrons. The van der Waals surface area contributed by atoms with Crippen LogP contribution >= 0.6 is 0 Å². The molecule has 0 N–H and O–H groups in total. The second kappa shape index (κ2) is 7.36. The fourth-order valence-corrected chi connectivity index (χ4v) is 3.74. The Hall–Kier alpha value is -1.85. The van der Waals surface area contributed by atoms with Gasteiger partial charge in [0.05, 0.1) is 16.7 Å². The van der Waals surface area contributed by atoms with Crippen molar-refractivity contribution in [3.05, 3.63) is 28.1 Å². The van der Waals surface area contributed by atoms with Crippen LogP contribution in [0.1, 0.15) is 45.4 Å². The maximum atomic E-state index is 14.6. The molecule has 0 aromatic heterocycles. The van der Waals surface area contributed by atoms with Crippen LogP contribution in [-0.2, 0) is 0 Å². The van der Waals surface area contributed by atoms with E-state index in [0.29, 0.717) is 17.3 Å². The Morgan fingerprint density at radius 1 is 1.00 bits per heavy atom. The molecular formula is C18H26FN3O2. The minimum atomic E-state index is -0.477. The second-order valence-corrected chi connectivity index (χ2v) is 7.12. The van der Waals surface area contributed by atoms with Crippen LogP contribution in [0.2, 0.25) is 0 Å². The van der Waals surface area contributed by atoms with Gasteiger partial charge in [0.25, 0.3) is 5.69 Å². The van der Waals surface area contributed by atoms with E-state index in [1.165, 1.54) is 0 Å². The smallest absolute Gasteiger partial charge is 0.295 e. The molecule has 24 heavy (non-hydrogen) atoms. The van der Waals surface area contributed by atoms with Gasteiger partial charge in [0.1, 0.15) is 5.69 Å². The summed E-state index contributed by atoms with van der Waals surface area (Å²) in [6.45, 7) is 5.46. The molecular weight excluding hydrogens is 309 g/mol. The molecule has 2 aliphatic heterocycles. The summed E-state index contributed by atoms with van der Waals surface area (Å²) >= 11 is 0. The summed E-state index contributed by atoms with van der Waals surface area (Å²) in [7, 11) is 0. The Balaban J connectivity index is 1.95. The van der Waals surface area contributed by atoms with Crippen LogP contribution in [-0.4, -0.2) is 31.1 Å². The summed E-state index contributed by atoms with van der Waals surface area (Å²) in [5, 5.41) is 11.4. The van der Waals surface area contributed by atoms with Gasteiger partial charge in [-0.2, -0.15) is 0 Å². The monoisotopic (exact) mass is 335 g/mol. The predicted octanol–water partition coefficient (Wildman–Crippen LogP) is 4.35. The zero-order valence-corrected chi connectivity index (χ0v) is 14.3. The van der Waals surface area contributed by atoms with Crippen molar-refractivity contribution in [2.24, 2.45) is 5.92 Å². The number of anilines is 2. The first-order valence-corrected chi connectivity index (χ1v) is 9.04. The molecule has 2 fully saturated rings. The molecule has 0 bridgehead atoms. The largest absolute Gasteiger partial charge is 0.369 e. The molecule has 6 heteroatoms. The molecule has 2 saturated heterocycles. The zero-order valence-electron chi connectivity index (χ0n) is 14.3. The molecule has 0 atom stereocenters. The van der Waals surface area contributed by atoms with Gasteiger partial charge >= 0.3 is 0 Å².